The molecule has 0 N–H and O–H groups in total. The van der Waals surface area contributed by atoms with Crippen LogP contribution in [0.2, 0.25) is 0 Å². The molecule has 2 aliphatic rings. The molecular weight excluding hydrogens is 445 g/mol. The molecule has 4 rings (SSSR count). The van der Waals surface area contributed by atoms with Crippen LogP contribution in [0.4, 0.5) is 10.1 Å². The van der Waals surface area contributed by atoms with Crippen LogP contribution in [0.15, 0.2) is 36.4 Å². The first-order valence-electron chi connectivity index (χ1n) is 12.2. The summed E-state index contributed by atoms with van der Waals surface area (Å²) in [5.41, 5.74) is 3.31. The van der Waals surface area contributed by atoms with Gasteiger partial charge in [0.15, 0.2) is 11.5 Å². The van der Waals surface area contributed by atoms with Crippen LogP contribution in [0.25, 0.3) is 4.85 Å². The summed E-state index contributed by atoms with van der Waals surface area (Å²) in [6.07, 6.45) is 1.66. The van der Waals surface area contributed by atoms with Crippen LogP contribution in [0.5, 0.6) is 0 Å². The Balaban J connectivity index is 1.42. The first-order chi connectivity index (χ1) is 16.9. The number of nitrogens with zero attached hydrogens (tertiary/aromatic N) is 3. The largest absolute Gasteiger partial charge is 0.381 e. The number of ether oxygens (including phenoxy) is 1. The molecule has 2 aromatic carbocycles. The smallest absolute Gasteiger partial charge is 0.226 e. The Morgan fingerprint density at radius 1 is 1.14 bits per heavy atom. The summed E-state index contributed by atoms with van der Waals surface area (Å²) in [5.74, 6) is -0.210. The lowest BCUT2D eigenvalue weighted by Crippen LogP contribution is -2.55. The van der Waals surface area contributed by atoms with Crippen molar-refractivity contribution in [2.24, 2.45) is 5.92 Å². The van der Waals surface area contributed by atoms with Crippen molar-refractivity contribution >= 4 is 17.4 Å². The van der Waals surface area contributed by atoms with Gasteiger partial charge in [-0.15, -0.1) is 0 Å². The van der Waals surface area contributed by atoms with Gasteiger partial charge in [-0.3, -0.25) is 14.5 Å². The fourth-order valence-electron chi connectivity index (χ4n) is 5.09. The number of rotatable bonds is 6. The Bertz CT molecular complexity index is 1140. The van der Waals surface area contributed by atoms with Gasteiger partial charge < -0.3 is 9.64 Å². The van der Waals surface area contributed by atoms with Gasteiger partial charge in [0.25, 0.3) is 0 Å². The molecule has 2 aromatic rings. The maximum absolute atomic E-state index is 14.6. The first-order valence-corrected chi connectivity index (χ1v) is 12.2. The standard InChI is InChI=1S/C28H32FN3O3/c1-19-17-31(9-10-32(19)28(34)21-7-11-35-12-8-21)18-24-14-25(29)13-23(20(24)2)16-27(33)22-5-4-6-26(15-22)30-3/h4-6,13-15,19,21H,7-12,16-18H2,1-2H3/t19-/m0/s1. The molecule has 35 heavy (non-hydrogen) atoms. The third-order valence-corrected chi connectivity index (χ3v) is 7.19. The van der Waals surface area contributed by atoms with Crippen molar-refractivity contribution in [1.29, 1.82) is 0 Å². The Hall–Kier alpha value is -3.08. The lowest BCUT2D eigenvalue weighted by molar-refractivity contribution is -0.143. The van der Waals surface area contributed by atoms with E-state index < -0.39 is 0 Å². The van der Waals surface area contributed by atoms with Gasteiger partial charge in [-0.25, -0.2) is 9.24 Å². The van der Waals surface area contributed by atoms with E-state index in [9.17, 15) is 14.0 Å². The van der Waals surface area contributed by atoms with Crippen molar-refractivity contribution in [3.8, 4) is 0 Å². The van der Waals surface area contributed by atoms with E-state index in [4.69, 9.17) is 11.3 Å². The second kappa shape index (κ2) is 11.1. The maximum atomic E-state index is 14.6. The number of carbonyl (C=O) groups excluding carboxylic acids is 2. The van der Waals surface area contributed by atoms with Crippen LogP contribution in [-0.2, 0) is 22.5 Å². The Kier molecular flexibility index (Phi) is 7.94. The molecule has 0 saturated carbocycles. The van der Waals surface area contributed by atoms with E-state index in [0.717, 1.165) is 37.1 Å². The molecule has 1 atom stereocenters. The van der Waals surface area contributed by atoms with Gasteiger partial charge in [-0.1, -0.05) is 18.2 Å². The van der Waals surface area contributed by atoms with Crippen LogP contribution >= 0.6 is 0 Å². The SMILES string of the molecule is [C-]#[N+]c1cccc(C(=O)Cc2cc(F)cc(CN3CCN(C(=O)C4CCOCC4)[C@@H](C)C3)c2C)c1. The minimum Gasteiger partial charge on any atom is -0.381 e. The number of piperazine rings is 1. The zero-order chi connectivity index (χ0) is 24.9. The van der Waals surface area contributed by atoms with Crippen molar-refractivity contribution in [1.82, 2.24) is 9.80 Å². The Morgan fingerprint density at radius 2 is 1.89 bits per heavy atom. The number of carbonyl (C=O) groups is 2. The zero-order valence-electron chi connectivity index (χ0n) is 20.4. The van der Waals surface area contributed by atoms with Crippen molar-refractivity contribution < 1.29 is 18.7 Å². The molecule has 2 fully saturated rings. The summed E-state index contributed by atoms with van der Waals surface area (Å²) >= 11 is 0. The number of halogens is 1. The van der Waals surface area contributed by atoms with Gasteiger partial charge in [-0.05, 0) is 61.6 Å². The first kappa shape index (κ1) is 25.0. The molecule has 0 aromatic heterocycles. The third-order valence-electron chi connectivity index (χ3n) is 7.19. The lowest BCUT2D eigenvalue weighted by atomic mass is 9.95. The number of hydrogen-bond acceptors (Lipinski definition) is 4. The highest BCUT2D eigenvalue weighted by Gasteiger charge is 2.32. The molecule has 2 heterocycles. The van der Waals surface area contributed by atoms with Gasteiger partial charge >= 0.3 is 0 Å². The molecule has 0 bridgehead atoms. The second-order valence-electron chi connectivity index (χ2n) is 9.61. The summed E-state index contributed by atoms with van der Waals surface area (Å²) in [6.45, 7) is 15.1. The van der Waals surface area contributed by atoms with Crippen LogP contribution in [0, 0.1) is 25.2 Å². The van der Waals surface area contributed by atoms with E-state index in [1.807, 2.05) is 11.8 Å². The molecule has 0 spiro atoms. The van der Waals surface area contributed by atoms with E-state index in [2.05, 4.69) is 16.7 Å². The van der Waals surface area contributed by atoms with Gasteiger partial charge in [-0.2, -0.15) is 0 Å². The number of benzene rings is 2. The van der Waals surface area contributed by atoms with Crippen LogP contribution < -0.4 is 0 Å². The zero-order valence-corrected chi connectivity index (χ0v) is 20.4. The molecule has 6 nitrogen and oxygen atoms in total. The molecule has 0 unspecified atom stereocenters. The fraction of sp³-hybridized carbons (Fsp3) is 0.464. The number of Topliss-reactive ketones (excluding diaryl/α,β-unsaturated/α-hetero) is 1. The van der Waals surface area contributed by atoms with E-state index in [1.165, 1.54) is 6.07 Å². The average molecular weight is 478 g/mol. The minimum atomic E-state index is -0.357. The van der Waals surface area contributed by atoms with Crippen LogP contribution in [-0.4, -0.2) is 60.4 Å². The number of hydrogen-bond donors (Lipinski definition) is 0. The maximum Gasteiger partial charge on any atom is 0.226 e. The van der Waals surface area contributed by atoms with Crippen molar-refractivity contribution in [3.05, 3.63) is 75.9 Å². The second-order valence-corrected chi connectivity index (χ2v) is 9.61. The third kappa shape index (κ3) is 5.95. The van der Waals surface area contributed by atoms with Gasteiger partial charge in [0, 0.05) is 63.3 Å². The summed E-state index contributed by atoms with van der Waals surface area (Å²) in [4.78, 5) is 33.5. The summed E-state index contributed by atoms with van der Waals surface area (Å²) < 4.78 is 19.9. The lowest BCUT2D eigenvalue weighted by Gasteiger charge is -2.42. The van der Waals surface area contributed by atoms with Crippen LogP contribution in [0.1, 0.15) is 46.8 Å². The van der Waals surface area contributed by atoms with E-state index >= 15 is 0 Å². The Morgan fingerprint density at radius 3 is 2.60 bits per heavy atom. The fourth-order valence-corrected chi connectivity index (χ4v) is 5.09. The molecule has 184 valence electrons. The molecule has 0 aliphatic carbocycles. The average Bonchev–Trinajstić information content (AvgIpc) is 2.87. The molecule has 0 radical (unpaired) electrons. The van der Waals surface area contributed by atoms with Gasteiger partial charge in [0.1, 0.15) is 5.82 Å². The van der Waals surface area contributed by atoms with E-state index in [0.29, 0.717) is 43.1 Å². The molecule has 2 aliphatic heterocycles. The van der Waals surface area contributed by atoms with Crippen molar-refractivity contribution in [3.63, 3.8) is 0 Å². The monoisotopic (exact) mass is 477 g/mol. The quantitative estimate of drug-likeness (QED) is 0.452. The highest BCUT2D eigenvalue weighted by Crippen LogP contribution is 2.25. The van der Waals surface area contributed by atoms with Crippen molar-refractivity contribution in [2.45, 2.75) is 45.7 Å². The normalized spacial score (nSPS) is 19.4. The summed E-state index contributed by atoms with van der Waals surface area (Å²) in [5, 5.41) is 0. The van der Waals surface area contributed by atoms with E-state index in [-0.39, 0.29) is 35.9 Å². The molecule has 7 heteroatoms. The Labute approximate surface area is 206 Å². The predicted molar refractivity (Wildman–Crippen MR) is 132 cm³/mol. The molecule has 2 saturated heterocycles. The van der Waals surface area contributed by atoms with Crippen LogP contribution in [0.3, 0.4) is 0 Å². The van der Waals surface area contributed by atoms with E-state index in [1.54, 1.807) is 30.3 Å². The highest BCUT2D eigenvalue weighted by atomic mass is 19.1. The van der Waals surface area contributed by atoms with Gasteiger partial charge in [0.2, 0.25) is 5.91 Å². The topological polar surface area (TPSA) is 54.2 Å². The summed E-state index contributed by atoms with van der Waals surface area (Å²) in [6, 6.07) is 9.69. The predicted octanol–water partition coefficient (Wildman–Crippen LogP) is 4.57. The van der Waals surface area contributed by atoms with Gasteiger partial charge in [0.05, 0.1) is 6.57 Å². The molecular formula is C28H32FN3O3. The number of amides is 1. The highest BCUT2D eigenvalue weighted by molar-refractivity contribution is 5.98. The van der Waals surface area contributed by atoms with Crippen molar-refractivity contribution in [2.75, 3.05) is 32.8 Å². The minimum absolute atomic E-state index is 0.0544. The molecule has 1 amide bonds. The summed E-state index contributed by atoms with van der Waals surface area (Å²) in [7, 11) is 0. The number of ketones is 1.